The first-order valence-corrected chi connectivity index (χ1v) is 8.04. The lowest BCUT2D eigenvalue weighted by Gasteiger charge is -2.55. The number of nitrogens with one attached hydrogen (secondary N) is 1. The van der Waals surface area contributed by atoms with Gasteiger partial charge in [0, 0.05) is 12.0 Å². The van der Waals surface area contributed by atoms with Crippen molar-refractivity contribution >= 4 is 5.91 Å². The Kier molecular flexibility index (Phi) is 3.59. The molecule has 4 bridgehead atoms. The molecule has 108 valence electrons. The summed E-state index contributed by atoms with van der Waals surface area (Å²) >= 11 is 0. The fourth-order valence-corrected chi connectivity index (χ4v) is 5.18. The predicted octanol–water partition coefficient (Wildman–Crippen LogP) is 2.48. The van der Waals surface area contributed by atoms with Crippen LogP contribution >= 0.6 is 0 Å². The van der Waals surface area contributed by atoms with Crippen molar-refractivity contribution in [3.8, 4) is 0 Å². The Morgan fingerprint density at radius 2 is 1.74 bits per heavy atom. The summed E-state index contributed by atoms with van der Waals surface area (Å²) in [7, 11) is 0. The molecule has 3 nitrogen and oxygen atoms in total. The van der Waals surface area contributed by atoms with E-state index in [4.69, 9.17) is 0 Å². The highest BCUT2D eigenvalue weighted by Crippen LogP contribution is 2.60. The average molecular weight is 265 g/mol. The van der Waals surface area contributed by atoms with Crippen molar-refractivity contribution in [3.63, 3.8) is 0 Å². The number of carbonyl (C=O) groups is 1. The molecule has 1 amide bonds. The molecule has 1 atom stereocenters. The number of carbonyl (C=O) groups excluding carboxylic acids is 1. The van der Waals surface area contributed by atoms with Crippen LogP contribution in [-0.4, -0.2) is 23.7 Å². The van der Waals surface area contributed by atoms with Gasteiger partial charge in [0.05, 0.1) is 6.10 Å². The second kappa shape index (κ2) is 5.08. The first-order valence-electron chi connectivity index (χ1n) is 8.04. The Balaban J connectivity index is 1.54. The zero-order chi connectivity index (χ0) is 13.5. The minimum atomic E-state index is -0.253. The maximum atomic E-state index is 12.6. The zero-order valence-corrected chi connectivity index (χ0v) is 12.0. The van der Waals surface area contributed by atoms with Gasteiger partial charge in [-0.25, -0.2) is 0 Å². The van der Waals surface area contributed by atoms with Gasteiger partial charge >= 0.3 is 0 Å². The molecule has 0 spiro atoms. The smallest absolute Gasteiger partial charge is 0.226 e. The van der Waals surface area contributed by atoms with E-state index in [9.17, 15) is 9.90 Å². The van der Waals surface area contributed by atoms with Gasteiger partial charge in [0.15, 0.2) is 0 Å². The van der Waals surface area contributed by atoms with Gasteiger partial charge in [-0.2, -0.15) is 0 Å². The van der Waals surface area contributed by atoms with Crippen molar-refractivity contribution < 1.29 is 9.90 Å². The third-order valence-corrected chi connectivity index (χ3v) is 5.60. The minimum Gasteiger partial charge on any atom is -0.393 e. The summed E-state index contributed by atoms with van der Waals surface area (Å²) in [5, 5.41) is 12.4. The maximum Gasteiger partial charge on any atom is 0.226 e. The van der Waals surface area contributed by atoms with Crippen molar-refractivity contribution in [1.82, 2.24) is 5.32 Å². The number of amides is 1. The summed E-state index contributed by atoms with van der Waals surface area (Å²) in [6, 6.07) is 0. The first kappa shape index (κ1) is 13.4. The Morgan fingerprint density at radius 1 is 1.21 bits per heavy atom. The van der Waals surface area contributed by atoms with E-state index < -0.39 is 0 Å². The Hall–Kier alpha value is -0.570. The predicted molar refractivity (Wildman–Crippen MR) is 74.5 cm³/mol. The molecule has 4 aliphatic rings. The van der Waals surface area contributed by atoms with E-state index in [-0.39, 0.29) is 11.5 Å². The average Bonchev–Trinajstić information content (AvgIpc) is 2.32. The largest absolute Gasteiger partial charge is 0.393 e. The number of aliphatic hydroxyl groups is 1. The van der Waals surface area contributed by atoms with Crippen LogP contribution in [0.2, 0.25) is 0 Å². The molecule has 19 heavy (non-hydrogen) atoms. The normalized spacial score (nSPS) is 41.3. The summed E-state index contributed by atoms with van der Waals surface area (Å²) in [5.41, 5.74) is -0.0143. The Morgan fingerprint density at radius 3 is 2.21 bits per heavy atom. The molecule has 4 fully saturated rings. The van der Waals surface area contributed by atoms with Crippen molar-refractivity contribution in [3.05, 3.63) is 0 Å². The van der Waals surface area contributed by atoms with Crippen LogP contribution in [0.4, 0.5) is 0 Å². The van der Waals surface area contributed by atoms with Crippen molar-refractivity contribution in [2.45, 2.75) is 64.4 Å². The molecule has 0 radical (unpaired) electrons. The van der Waals surface area contributed by atoms with E-state index in [0.717, 1.165) is 56.4 Å². The molecule has 0 aromatic carbocycles. The van der Waals surface area contributed by atoms with Crippen LogP contribution in [0, 0.1) is 23.2 Å². The van der Waals surface area contributed by atoms with E-state index in [0.29, 0.717) is 5.91 Å². The molecule has 4 aliphatic carbocycles. The van der Waals surface area contributed by atoms with E-state index >= 15 is 0 Å². The second-order valence-corrected chi connectivity index (χ2v) is 7.45. The fourth-order valence-electron chi connectivity index (χ4n) is 5.18. The lowest BCUT2D eigenvalue weighted by Crippen LogP contribution is -2.53. The van der Waals surface area contributed by atoms with Crippen LogP contribution in [-0.2, 0) is 4.79 Å². The van der Waals surface area contributed by atoms with Crippen molar-refractivity contribution in [2.24, 2.45) is 23.2 Å². The number of rotatable bonds is 5. The standard InChI is InChI=1S/C16H27NO2/c1-11(18)3-2-4-17-15(19)16-8-12-5-13(9-16)7-14(6-12)10-16/h11-14,18H,2-10H2,1H3,(H,17,19). The minimum absolute atomic E-state index is 0.0143. The van der Waals surface area contributed by atoms with E-state index in [1.165, 1.54) is 19.3 Å². The van der Waals surface area contributed by atoms with Crippen LogP contribution in [0.3, 0.4) is 0 Å². The molecule has 3 heteroatoms. The summed E-state index contributed by atoms with van der Waals surface area (Å²) in [4.78, 5) is 12.6. The third kappa shape index (κ3) is 2.67. The Bertz CT molecular complexity index is 315. The summed E-state index contributed by atoms with van der Waals surface area (Å²) in [5.74, 6) is 2.80. The molecule has 1 unspecified atom stereocenters. The molecule has 0 aromatic rings. The van der Waals surface area contributed by atoms with Crippen LogP contribution in [0.15, 0.2) is 0 Å². The van der Waals surface area contributed by atoms with Crippen molar-refractivity contribution in [1.29, 1.82) is 0 Å². The van der Waals surface area contributed by atoms with Crippen LogP contribution in [0.25, 0.3) is 0 Å². The quantitative estimate of drug-likeness (QED) is 0.750. The lowest BCUT2D eigenvalue weighted by molar-refractivity contribution is -0.146. The monoisotopic (exact) mass is 265 g/mol. The van der Waals surface area contributed by atoms with Crippen molar-refractivity contribution in [2.75, 3.05) is 6.54 Å². The number of hydrogen-bond acceptors (Lipinski definition) is 2. The van der Waals surface area contributed by atoms with E-state index in [1.54, 1.807) is 6.92 Å². The first-order chi connectivity index (χ1) is 9.07. The van der Waals surface area contributed by atoms with E-state index in [2.05, 4.69) is 5.32 Å². The van der Waals surface area contributed by atoms with E-state index in [1.807, 2.05) is 0 Å². The van der Waals surface area contributed by atoms with Gasteiger partial charge < -0.3 is 10.4 Å². The van der Waals surface area contributed by atoms with Gasteiger partial charge in [-0.3, -0.25) is 4.79 Å². The second-order valence-electron chi connectivity index (χ2n) is 7.45. The highest BCUT2D eigenvalue weighted by atomic mass is 16.3. The van der Waals surface area contributed by atoms with Gasteiger partial charge in [0.2, 0.25) is 5.91 Å². The van der Waals surface area contributed by atoms with Gasteiger partial charge in [-0.05, 0) is 76.0 Å². The molecular formula is C16H27NO2. The molecule has 0 heterocycles. The van der Waals surface area contributed by atoms with Gasteiger partial charge in [-0.15, -0.1) is 0 Å². The van der Waals surface area contributed by atoms with Gasteiger partial charge in [0.25, 0.3) is 0 Å². The highest BCUT2D eigenvalue weighted by Gasteiger charge is 2.54. The fraction of sp³-hybridized carbons (Fsp3) is 0.938. The molecule has 4 rings (SSSR count). The summed E-state index contributed by atoms with van der Waals surface area (Å²) in [6.45, 7) is 2.53. The topological polar surface area (TPSA) is 49.3 Å². The molecule has 0 aliphatic heterocycles. The number of hydrogen-bond donors (Lipinski definition) is 2. The molecule has 4 saturated carbocycles. The maximum absolute atomic E-state index is 12.6. The Labute approximate surface area is 116 Å². The summed E-state index contributed by atoms with van der Waals surface area (Å²) < 4.78 is 0. The summed E-state index contributed by atoms with van der Waals surface area (Å²) in [6.07, 6.45) is 8.98. The molecule has 2 N–H and O–H groups in total. The van der Waals surface area contributed by atoms with Crippen LogP contribution in [0.5, 0.6) is 0 Å². The number of aliphatic hydroxyl groups excluding tert-OH is 1. The van der Waals surface area contributed by atoms with Gasteiger partial charge in [-0.1, -0.05) is 0 Å². The molecule has 0 aromatic heterocycles. The highest BCUT2D eigenvalue weighted by molar-refractivity contribution is 5.83. The molecule has 0 saturated heterocycles. The van der Waals surface area contributed by atoms with Gasteiger partial charge in [0.1, 0.15) is 0 Å². The third-order valence-electron chi connectivity index (χ3n) is 5.60. The van der Waals surface area contributed by atoms with Crippen LogP contribution < -0.4 is 5.32 Å². The lowest BCUT2D eigenvalue weighted by atomic mass is 9.49. The van der Waals surface area contributed by atoms with Crippen LogP contribution in [0.1, 0.15) is 58.3 Å². The zero-order valence-electron chi connectivity index (χ0n) is 12.0. The molecular weight excluding hydrogens is 238 g/mol. The SMILES string of the molecule is CC(O)CCCNC(=O)C12CC3CC(CC(C3)C1)C2.